The van der Waals surface area contributed by atoms with E-state index in [0.29, 0.717) is 5.69 Å². The number of carbonyl (C=O) groups is 3. The Morgan fingerprint density at radius 3 is 2.48 bits per heavy atom. The van der Waals surface area contributed by atoms with Gasteiger partial charge in [0.25, 0.3) is 5.91 Å². The molecule has 8 heteroatoms. The number of carbonyl (C=O) groups excluding carboxylic acids is 3. The number of anilines is 1. The highest BCUT2D eigenvalue weighted by atomic mass is 32.1. The molecule has 0 aliphatic rings. The van der Waals surface area contributed by atoms with Gasteiger partial charge in [0.15, 0.2) is 0 Å². The Balaban J connectivity index is 1.63. The Morgan fingerprint density at radius 2 is 1.74 bits per heavy atom. The highest BCUT2D eigenvalue weighted by Crippen LogP contribution is 2.29. The zero-order valence-corrected chi connectivity index (χ0v) is 17.2. The Morgan fingerprint density at radius 1 is 1.00 bits per heavy atom. The van der Waals surface area contributed by atoms with E-state index < -0.39 is 17.7 Å². The van der Waals surface area contributed by atoms with E-state index in [9.17, 15) is 18.8 Å². The Hall–Kier alpha value is -3.78. The van der Waals surface area contributed by atoms with Crippen molar-refractivity contribution in [2.45, 2.75) is 6.42 Å². The van der Waals surface area contributed by atoms with Crippen LogP contribution >= 0.6 is 11.3 Å². The van der Waals surface area contributed by atoms with Crippen LogP contribution in [-0.2, 0) is 9.59 Å². The third-order valence-electron chi connectivity index (χ3n) is 4.24. The summed E-state index contributed by atoms with van der Waals surface area (Å²) in [5.74, 6) is -1.61. The number of hydrogen-bond acceptors (Lipinski definition) is 4. The maximum Gasteiger partial charge on any atom is 0.253 e. The van der Waals surface area contributed by atoms with Gasteiger partial charge >= 0.3 is 0 Å². The fourth-order valence-corrected chi connectivity index (χ4v) is 3.64. The molecule has 3 aromatic rings. The van der Waals surface area contributed by atoms with Gasteiger partial charge in [0.2, 0.25) is 11.8 Å². The summed E-state index contributed by atoms with van der Waals surface area (Å²) in [5.41, 5.74) is 6.60. The van der Waals surface area contributed by atoms with Gasteiger partial charge in [-0.2, -0.15) is 0 Å². The second-order valence-corrected chi connectivity index (χ2v) is 7.66. The maximum atomic E-state index is 13.1. The van der Waals surface area contributed by atoms with Crippen LogP contribution < -0.4 is 16.4 Å². The van der Waals surface area contributed by atoms with E-state index >= 15 is 0 Å². The molecule has 0 spiro atoms. The van der Waals surface area contributed by atoms with Crippen LogP contribution in [0.3, 0.4) is 0 Å². The van der Waals surface area contributed by atoms with Crippen LogP contribution in [0.1, 0.15) is 21.7 Å². The molecule has 1 aromatic heterocycles. The average Bonchev–Trinajstić information content (AvgIpc) is 3.22. The number of halogens is 1. The summed E-state index contributed by atoms with van der Waals surface area (Å²) in [6.07, 6.45) is 3.08. The fraction of sp³-hybridized carbons (Fsp3) is 0.0870. The lowest BCUT2D eigenvalue weighted by Gasteiger charge is -2.10. The van der Waals surface area contributed by atoms with E-state index in [4.69, 9.17) is 5.73 Å². The van der Waals surface area contributed by atoms with Crippen LogP contribution in [0.2, 0.25) is 0 Å². The van der Waals surface area contributed by atoms with E-state index in [2.05, 4.69) is 10.6 Å². The van der Waals surface area contributed by atoms with Gasteiger partial charge < -0.3 is 16.4 Å². The first-order valence-electron chi connectivity index (χ1n) is 9.43. The van der Waals surface area contributed by atoms with Crippen LogP contribution in [0.25, 0.3) is 16.5 Å². The standard InChI is InChI=1S/C23H20FN3O3S/c24-16-7-5-15(6-8-16)20-11-9-17(31-20)10-12-22(29)27-19-4-2-1-3-18(19)23(30)26-14-13-21(25)28/h1-12H,13-14H2,(H2,25,28)(H,26,30)(H,27,29). The lowest BCUT2D eigenvalue weighted by atomic mass is 10.1. The second-order valence-electron chi connectivity index (χ2n) is 6.55. The molecule has 0 bridgehead atoms. The number of rotatable bonds is 8. The lowest BCUT2D eigenvalue weighted by Crippen LogP contribution is -2.28. The molecule has 2 aromatic carbocycles. The predicted molar refractivity (Wildman–Crippen MR) is 120 cm³/mol. The largest absolute Gasteiger partial charge is 0.370 e. The molecule has 0 saturated carbocycles. The van der Waals surface area contributed by atoms with Crippen molar-refractivity contribution < 1.29 is 18.8 Å². The van der Waals surface area contributed by atoms with Gasteiger partial charge in [-0.25, -0.2) is 4.39 Å². The van der Waals surface area contributed by atoms with Crippen molar-refractivity contribution in [1.82, 2.24) is 5.32 Å². The lowest BCUT2D eigenvalue weighted by molar-refractivity contribution is -0.118. The highest BCUT2D eigenvalue weighted by molar-refractivity contribution is 7.16. The molecule has 0 saturated heterocycles. The number of benzene rings is 2. The van der Waals surface area contributed by atoms with Crippen molar-refractivity contribution in [2.24, 2.45) is 5.73 Å². The summed E-state index contributed by atoms with van der Waals surface area (Å²) >= 11 is 1.47. The van der Waals surface area contributed by atoms with Crippen molar-refractivity contribution in [3.05, 3.63) is 83.0 Å². The van der Waals surface area contributed by atoms with Crippen LogP contribution in [0.15, 0.2) is 66.7 Å². The molecular weight excluding hydrogens is 417 g/mol. The van der Waals surface area contributed by atoms with E-state index in [-0.39, 0.29) is 24.3 Å². The molecule has 0 atom stereocenters. The Kier molecular flexibility index (Phi) is 7.29. The van der Waals surface area contributed by atoms with Crippen molar-refractivity contribution in [1.29, 1.82) is 0 Å². The van der Waals surface area contributed by atoms with Gasteiger partial charge in [0.1, 0.15) is 5.82 Å². The van der Waals surface area contributed by atoms with Crippen LogP contribution in [0.5, 0.6) is 0 Å². The van der Waals surface area contributed by atoms with Gasteiger partial charge in [0, 0.05) is 28.8 Å². The first-order valence-corrected chi connectivity index (χ1v) is 10.2. The number of nitrogens with one attached hydrogen (secondary N) is 2. The summed E-state index contributed by atoms with van der Waals surface area (Å²) in [5, 5.41) is 5.28. The topological polar surface area (TPSA) is 101 Å². The highest BCUT2D eigenvalue weighted by Gasteiger charge is 2.12. The fourth-order valence-electron chi connectivity index (χ4n) is 2.73. The molecule has 1 heterocycles. The normalized spacial score (nSPS) is 10.7. The Labute approximate surface area is 182 Å². The van der Waals surface area contributed by atoms with Gasteiger partial charge in [-0.15, -0.1) is 11.3 Å². The van der Waals surface area contributed by atoms with E-state index in [1.165, 1.54) is 29.5 Å². The van der Waals surface area contributed by atoms with Crippen molar-refractivity contribution in [3.8, 4) is 10.4 Å². The summed E-state index contributed by atoms with van der Waals surface area (Å²) in [7, 11) is 0. The zero-order valence-electron chi connectivity index (χ0n) is 16.4. The zero-order chi connectivity index (χ0) is 22.2. The predicted octanol–water partition coefficient (Wildman–Crippen LogP) is 3.81. The van der Waals surface area contributed by atoms with Crippen molar-refractivity contribution in [2.75, 3.05) is 11.9 Å². The number of primary amides is 1. The van der Waals surface area contributed by atoms with E-state index in [1.807, 2.05) is 12.1 Å². The third kappa shape index (κ3) is 6.35. The first kappa shape index (κ1) is 21.9. The Bertz CT molecular complexity index is 1120. The van der Waals surface area contributed by atoms with Gasteiger partial charge in [-0.3, -0.25) is 14.4 Å². The van der Waals surface area contributed by atoms with Crippen LogP contribution in [0.4, 0.5) is 10.1 Å². The number of nitrogens with two attached hydrogens (primary N) is 1. The van der Waals surface area contributed by atoms with Crippen molar-refractivity contribution >= 4 is 40.8 Å². The molecule has 0 aliphatic heterocycles. The van der Waals surface area contributed by atoms with E-state index in [0.717, 1.165) is 15.3 Å². The van der Waals surface area contributed by atoms with Crippen molar-refractivity contribution in [3.63, 3.8) is 0 Å². The molecule has 0 unspecified atom stereocenters. The van der Waals surface area contributed by atoms with Gasteiger partial charge in [-0.1, -0.05) is 24.3 Å². The van der Waals surface area contributed by atoms with Crippen LogP contribution in [0, 0.1) is 5.82 Å². The first-order chi connectivity index (χ1) is 14.9. The minimum atomic E-state index is -0.511. The SMILES string of the molecule is NC(=O)CCNC(=O)c1ccccc1NC(=O)C=Cc1ccc(-c2ccc(F)cc2)s1. The summed E-state index contributed by atoms with van der Waals surface area (Å²) < 4.78 is 13.1. The molecule has 4 N–H and O–H groups in total. The quantitative estimate of drug-likeness (QED) is 0.467. The molecule has 3 amide bonds. The molecule has 0 radical (unpaired) electrons. The van der Waals surface area contributed by atoms with Crippen LogP contribution in [-0.4, -0.2) is 24.3 Å². The minimum Gasteiger partial charge on any atom is -0.370 e. The average molecular weight is 437 g/mol. The molecule has 6 nitrogen and oxygen atoms in total. The minimum absolute atomic E-state index is 0.0315. The molecule has 3 rings (SSSR count). The molecule has 158 valence electrons. The molecule has 31 heavy (non-hydrogen) atoms. The van der Waals surface area contributed by atoms with Gasteiger partial charge in [-0.05, 0) is 48.0 Å². The number of para-hydroxylation sites is 1. The number of hydrogen-bond donors (Lipinski definition) is 3. The summed E-state index contributed by atoms with van der Waals surface area (Å²) in [6.45, 7) is 0.116. The number of amides is 3. The smallest absolute Gasteiger partial charge is 0.253 e. The molecular formula is C23H20FN3O3S. The monoisotopic (exact) mass is 437 g/mol. The van der Waals surface area contributed by atoms with E-state index in [1.54, 1.807) is 42.5 Å². The summed E-state index contributed by atoms with van der Waals surface area (Å²) in [4.78, 5) is 37.3. The third-order valence-corrected chi connectivity index (χ3v) is 5.34. The summed E-state index contributed by atoms with van der Waals surface area (Å²) in [6, 6.07) is 16.6. The number of thiophene rings is 1. The second kappa shape index (κ2) is 10.3. The maximum absolute atomic E-state index is 13.1. The van der Waals surface area contributed by atoms with Gasteiger partial charge in [0.05, 0.1) is 11.3 Å². The molecule has 0 aliphatic carbocycles. The molecule has 0 fully saturated rings.